The van der Waals surface area contributed by atoms with Crippen molar-refractivity contribution in [3.63, 3.8) is 0 Å². The number of nitrogens with one attached hydrogen (secondary N) is 1. The van der Waals surface area contributed by atoms with E-state index >= 15 is 0 Å². The van der Waals surface area contributed by atoms with Crippen molar-refractivity contribution < 1.29 is 9.21 Å². The number of hydrogen-bond donors (Lipinski definition) is 2. The highest BCUT2D eigenvalue weighted by Gasteiger charge is 2.14. The quantitative estimate of drug-likeness (QED) is 0.787. The Kier molecular flexibility index (Phi) is 6.05. The van der Waals surface area contributed by atoms with E-state index in [0.29, 0.717) is 36.5 Å². The van der Waals surface area contributed by atoms with Crippen LogP contribution in [0.4, 0.5) is 0 Å². The topological polar surface area (TPSA) is 71.5 Å². The number of nitrogens with two attached hydrogens (primary N) is 1. The van der Waals surface area contributed by atoms with Crippen molar-refractivity contribution in [1.29, 1.82) is 0 Å². The Labute approximate surface area is 115 Å². The summed E-state index contributed by atoms with van der Waals surface area (Å²) >= 11 is 0. The van der Waals surface area contributed by atoms with Gasteiger partial charge in [0.25, 0.3) is 5.91 Å². The third-order valence-electron chi connectivity index (χ3n) is 3.10. The van der Waals surface area contributed by atoms with Crippen LogP contribution in [0.2, 0.25) is 0 Å². The van der Waals surface area contributed by atoms with Crippen LogP contribution < -0.4 is 11.1 Å². The third kappa shape index (κ3) is 4.69. The summed E-state index contributed by atoms with van der Waals surface area (Å²) in [6.07, 6.45) is 1.44. The minimum Gasteiger partial charge on any atom is -0.467 e. The lowest BCUT2D eigenvalue weighted by atomic mass is 10.2. The predicted octanol–water partition coefficient (Wildman–Crippen LogP) is 1.59. The second kappa shape index (κ2) is 7.31. The Balaban J connectivity index is 2.42. The molecule has 0 bridgehead atoms. The molecule has 108 valence electrons. The van der Waals surface area contributed by atoms with Crippen LogP contribution in [0.3, 0.4) is 0 Å². The Morgan fingerprint density at radius 1 is 1.37 bits per heavy atom. The van der Waals surface area contributed by atoms with Crippen LogP contribution >= 0.6 is 0 Å². The van der Waals surface area contributed by atoms with Crippen molar-refractivity contribution in [3.05, 3.63) is 23.7 Å². The summed E-state index contributed by atoms with van der Waals surface area (Å²) in [5.41, 5.74) is 5.97. The van der Waals surface area contributed by atoms with Gasteiger partial charge in [-0.15, -0.1) is 0 Å². The van der Waals surface area contributed by atoms with Crippen LogP contribution in [0.15, 0.2) is 16.7 Å². The van der Waals surface area contributed by atoms with Crippen molar-refractivity contribution in [2.75, 3.05) is 13.1 Å². The molecular formula is C14H25N3O2. The molecule has 1 rings (SSSR count). The summed E-state index contributed by atoms with van der Waals surface area (Å²) < 4.78 is 5.14. The number of carbonyl (C=O) groups excluding carboxylic acids is 1. The zero-order valence-corrected chi connectivity index (χ0v) is 12.3. The number of amides is 1. The molecular weight excluding hydrogens is 242 g/mol. The monoisotopic (exact) mass is 267 g/mol. The molecule has 0 aromatic carbocycles. The van der Waals surface area contributed by atoms with Crippen LogP contribution in [0, 0.1) is 0 Å². The molecule has 0 saturated carbocycles. The van der Waals surface area contributed by atoms with E-state index in [1.807, 2.05) is 0 Å². The summed E-state index contributed by atoms with van der Waals surface area (Å²) in [5, 5.41) is 2.90. The van der Waals surface area contributed by atoms with E-state index in [0.717, 1.165) is 6.54 Å². The first-order chi connectivity index (χ1) is 8.95. The Hall–Kier alpha value is -1.33. The number of rotatable bonds is 7. The largest absolute Gasteiger partial charge is 0.467 e. The molecule has 5 heteroatoms. The molecule has 5 nitrogen and oxygen atoms in total. The fraction of sp³-hybridized carbons (Fsp3) is 0.643. The van der Waals surface area contributed by atoms with Gasteiger partial charge >= 0.3 is 0 Å². The average Bonchev–Trinajstić information content (AvgIpc) is 2.82. The summed E-state index contributed by atoms with van der Waals surface area (Å²) in [6.45, 7) is 10.4. The highest BCUT2D eigenvalue weighted by molar-refractivity contribution is 5.93. The molecule has 19 heavy (non-hydrogen) atoms. The highest BCUT2D eigenvalue weighted by Crippen LogP contribution is 2.07. The Bertz CT molecular complexity index is 391. The summed E-state index contributed by atoms with van der Waals surface area (Å²) in [4.78, 5) is 14.2. The van der Waals surface area contributed by atoms with E-state index in [2.05, 4.69) is 37.9 Å². The van der Waals surface area contributed by atoms with Crippen LogP contribution in [0.1, 0.15) is 43.8 Å². The molecule has 0 unspecified atom stereocenters. The first-order valence-electron chi connectivity index (χ1n) is 6.77. The minimum absolute atomic E-state index is 0.115. The standard InChI is InChI=1S/C14H25N3O2/c1-10(2)17(11(3)4)6-5-16-14(18)12-7-13(8-15)19-9-12/h7,9-11H,5-6,8,15H2,1-4H3,(H,16,18). The van der Waals surface area contributed by atoms with Crippen LogP contribution in [0.25, 0.3) is 0 Å². The molecule has 0 saturated heterocycles. The number of nitrogens with zero attached hydrogens (tertiary/aromatic N) is 1. The van der Waals surface area contributed by atoms with Gasteiger partial charge in [0, 0.05) is 25.2 Å². The molecule has 0 aliphatic carbocycles. The van der Waals surface area contributed by atoms with Gasteiger partial charge in [0.15, 0.2) is 0 Å². The Morgan fingerprint density at radius 3 is 2.47 bits per heavy atom. The summed E-state index contributed by atoms with van der Waals surface area (Å²) in [7, 11) is 0. The predicted molar refractivity (Wildman–Crippen MR) is 75.9 cm³/mol. The molecule has 3 N–H and O–H groups in total. The van der Waals surface area contributed by atoms with Gasteiger partial charge in [-0.1, -0.05) is 0 Å². The van der Waals surface area contributed by atoms with Gasteiger partial charge in [0.2, 0.25) is 0 Å². The first-order valence-corrected chi connectivity index (χ1v) is 6.77. The normalized spacial score (nSPS) is 11.6. The second-order valence-electron chi connectivity index (χ2n) is 5.19. The fourth-order valence-corrected chi connectivity index (χ4v) is 2.12. The molecule has 1 amide bonds. The molecule has 0 fully saturated rings. The van der Waals surface area contributed by atoms with Crippen molar-refractivity contribution in [3.8, 4) is 0 Å². The number of carbonyl (C=O) groups is 1. The Morgan fingerprint density at radius 2 is 2.00 bits per heavy atom. The fourth-order valence-electron chi connectivity index (χ4n) is 2.12. The van der Waals surface area contributed by atoms with E-state index in [-0.39, 0.29) is 5.91 Å². The maximum atomic E-state index is 11.9. The van der Waals surface area contributed by atoms with E-state index < -0.39 is 0 Å². The molecule has 1 heterocycles. The average molecular weight is 267 g/mol. The number of furan rings is 1. The van der Waals surface area contributed by atoms with E-state index in [4.69, 9.17) is 10.2 Å². The van der Waals surface area contributed by atoms with Crippen LogP contribution in [0.5, 0.6) is 0 Å². The molecule has 0 aliphatic heterocycles. The van der Waals surface area contributed by atoms with E-state index in [1.165, 1.54) is 6.26 Å². The van der Waals surface area contributed by atoms with Crippen molar-refractivity contribution in [1.82, 2.24) is 10.2 Å². The third-order valence-corrected chi connectivity index (χ3v) is 3.10. The van der Waals surface area contributed by atoms with E-state index in [9.17, 15) is 4.79 Å². The maximum absolute atomic E-state index is 11.9. The van der Waals surface area contributed by atoms with Crippen molar-refractivity contribution >= 4 is 5.91 Å². The minimum atomic E-state index is -0.115. The molecule has 1 aromatic rings. The van der Waals surface area contributed by atoms with Crippen LogP contribution in [-0.4, -0.2) is 36.0 Å². The highest BCUT2D eigenvalue weighted by atomic mass is 16.3. The first kappa shape index (κ1) is 15.7. The smallest absolute Gasteiger partial charge is 0.254 e. The van der Waals surface area contributed by atoms with Gasteiger partial charge in [0.1, 0.15) is 12.0 Å². The molecule has 1 aromatic heterocycles. The van der Waals surface area contributed by atoms with Crippen molar-refractivity contribution in [2.45, 2.75) is 46.3 Å². The van der Waals surface area contributed by atoms with E-state index in [1.54, 1.807) is 6.07 Å². The van der Waals surface area contributed by atoms with Gasteiger partial charge < -0.3 is 15.5 Å². The lowest BCUT2D eigenvalue weighted by Gasteiger charge is -2.30. The van der Waals surface area contributed by atoms with Gasteiger partial charge in [-0.2, -0.15) is 0 Å². The van der Waals surface area contributed by atoms with Gasteiger partial charge in [-0.05, 0) is 33.8 Å². The lowest BCUT2D eigenvalue weighted by molar-refractivity contribution is 0.0939. The van der Waals surface area contributed by atoms with Gasteiger partial charge in [0.05, 0.1) is 12.1 Å². The summed E-state index contributed by atoms with van der Waals surface area (Å²) in [6, 6.07) is 2.61. The van der Waals surface area contributed by atoms with Gasteiger partial charge in [-0.3, -0.25) is 9.69 Å². The zero-order chi connectivity index (χ0) is 14.4. The zero-order valence-electron chi connectivity index (χ0n) is 12.3. The van der Waals surface area contributed by atoms with Crippen molar-refractivity contribution in [2.24, 2.45) is 5.73 Å². The summed E-state index contributed by atoms with van der Waals surface area (Å²) in [5.74, 6) is 0.507. The van der Waals surface area contributed by atoms with Crippen LogP contribution in [-0.2, 0) is 6.54 Å². The maximum Gasteiger partial charge on any atom is 0.254 e. The molecule has 0 atom stereocenters. The lowest BCUT2D eigenvalue weighted by Crippen LogP contribution is -2.42. The second-order valence-corrected chi connectivity index (χ2v) is 5.19. The SMILES string of the molecule is CC(C)N(CCNC(=O)c1coc(CN)c1)C(C)C. The van der Waals surface area contributed by atoms with Gasteiger partial charge in [-0.25, -0.2) is 0 Å². The molecule has 0 spiro atoms. The molecule has 0 radical (unpaired) electrons. The number of hydrogen-bond acceptors (Lipinski definition) is 4. The molecule has 0 aliphatic rings.